The lowest BCUT2D eigenvalue weighted by molar-refractivity contribution is 0.415. The van der Waals surface area contributed by atoms with E-state index in [1.165, 1.54) is 0 Å². The smallest absolute Gasteiger partial charge is 0.135 e. The number of nitrogens with zero attached hydrogens (tertiary/aromatic N) is 2. The molecule has 1 aromatic heterocycles. The Morgan fingerprint density at radius 1 is 1.21 bits per heavy atom. The van der Waals surface area contributed by atoms with E-state index in [2.05, 4.69) is 38.1 Å². The molecule has 1 N–H and O–H groups in total. The van der Waals surface area contributed by atoms with Crippen LogP contribution < -0.4 is 10.1 Å². The number of methoxy groups -OCH3 is 1. The van der Waals surface area contributed by atoms with Gasteiger partial charge in [-0.25, -0.2) is 9.97 Å². The van der Waals surface area contributed by atoms with Crippen molar-refractivity contribution >= 4 is 27.4 Å². The summed E-state index contributed by atoms with van der Waals surface area (Å²) < 4.78 is 5.92. The molecule has 1 aromatic carbocycles. The van der Waals surface area contributed by atoms with Gasteiger partial charge in [0.1, 0.15) is 22.0 Å². The van der Waals surface area contributed by atoms with Crippen molar-refractivity contribution in [1.82, 2.24) is 9.97 Å². The summed E-state index contributed by atoms with van der Waals surface area (Å²) in [6.07, 6.45) is 1.90. The van der Waals surface area contributed by atoms with Crippen LogP contribution in [0.4, 0.5) is 11.5 Å². The van der Waals surface area contributed by atoms with Crippen LogP contribution >= 0.6 is 15.9 Å². The Morgan fingerprint density at radius 2 is 1.95 bits per heavy atom. The lowest BCUT2D eigenvalue weighted by atomic mass is 10.3. The number of ether oxygens (including phenoxy) is 1. The summed E-state index contributed by atoms with van der Waals surface area (Å²) in [7, 11) is 1.65. The number of rotatable bonds is 5. The van der Waals surface area contributed by atoms with E-state index in [9.17, 15) is 0 Å². The number of nitrogens with one attached hydrogen (secondary N) is 1. The van der Waals surface area contributed by atoms with Crippen molar-refractivity contribution in [2.75, 3.05) is 12.4 Å². The lowest BCUT2D eigenvalue weighted by Crippen LogP contribution is -2.00. The Kier molecular flexibility index (Phi) is 4.74. The minimum Gasteiger partial charge on any atom is -0.497 e. The number of hydrogen-bond acceptors (Lipinski definition) is 4. The van der Waals surface area contributed by atoms with Gasteiger partial charge in [-0.2, -0.15) is 0 Å². The second kappa shape index (κ2) is 6.52. The van der Waals surface area contributed by atoms with Gasteiger partial charge < -0.3 is 10.1 Å². The first kappa shape index (κ1) is 13.8. The Hall–Kier alpha value is -1.62. The fourth-order valence-corrected chi connectivity index (χ4v) is 2.11. The number of aryl methyl sites for hydroxylation is 1. The zero-order chi connectivity index (χ0) is 13.7. The molecule has 19 heavy (non-hydrogen) atoms. The second-order valence-electron chi connectivity index (χ2n) is 4.10. The predicted octanol–water partition coefficient (Wildman–Crippen LogP) is 3.94. The molecule has 4 nitrogen and oxygen atoms in total. The fourth-order valence-electron chi connectivity index (χ4n) is 1.69. The average Bonchev–Trinajstić information content (AvgIpc) is 2.39. The van der Waals surface area contributed by atoms with E-state index < -0.39 is 0 Å². The summed E-state index contributed by atoms with van der Waals surface area (Å²) in [6.45, 7) is 2.11. The third-order valence-electron chi connectivity index (χ3n) is 2.58. The van der Waals surface area contributed by atoms with Crippen LogP contribution in [0.15, 0.2) is 34.9 Å². The van der Waals surface area contributed by atoms with Gasteiger partial charge in [0.15, 0.2) is 0 Å². The number of aromatic nitrogens is 2. The number of benzene rings is 1. The van der Waals surface area contributed by atoms with Gasteiger partial charge in [-0.05, 0) is 46.6 Å². The molecule has 0 aliphatic carbocycles. The molecule has 1 heterocycles. The maximum atomic E-state index is 5.13. The van der Waals surface area contributed by atoms with Crippen LogP contribution in [-0.2, 0) is 6.42 Å². The summed E-state index contributed by atoms with van der Waals surface area (Å²) in [5.41, 5.74) is 0.967. The van der Waals surface area contributed by atoms with E-state index in [-0.39, 0.29) is 0 Å². The topological polar surface area (TPSA) is 47.0 Å². The molecule has 0 bridgehead atoms. The number of halogens is 1. The fraction of sp³-hybridized carbons (Fsp3) is 0.286. The van der Waals surface area contributed by atoms with E-state index in [0.717, 1.165) is 40.5 Å². The molecule has 0 atom stereocenters. The molecular weight excluding hydrogens is 306 g/mol. The second-order valence-corrected chi connectivity index (χ2v) is 4.91. The highest BCUT2D eigenvalue weighted by Crippen LogP contribution is 2.20. The Labute approximate surface area is 121 Å². The van der Waals surface area contributed by atoms with Crippen LogP contribution in [-0.4, -0.2) is 17.1 Å². The molecular formula is C14H16BrN3O. The first-order valence-corrected chi connectivity index (χ1v) is 6.95. The van der Waals surface area contributed by atoms with Gasteiger partial charge in [0.2, 0.25) is 0 Å². The third kappa shape index (κ3) is 3.92. The van der Waals surface area contributed by atoms with E-state index in [1.807, 2.05) is 30.3 Å². The lowest BCUT2D eigenvalue weighted by Gasteiger charge is -2.08. The molecule has 2 aromatic rings. The molecule has 5 heteroatoms. The van der Waals surface area contributed by atoms with Gasteiger partial charge in [0, 0.05) is 18.2 Å². The van der Waals surface area contributed by atoms with Crippen molar-refractivity contribution in [1.29, 1.82) is 0 Å². The number of hydrogen-bond donors (Lipinski definition) is 1. The summed E-state index contributed by atoms with van der Waals surface area (Å²) in [6, 6.07) is 9.59. The first-order valence-electron chi connectivity index (χ1n) is 6.16. The van der Waals surface area contributed by atoms with Crippen LogP contribution in [0.3, 0.4) is 0 Å². The summed E-state index contributed by atoms with van der Waals surface area (Å²) in [5, 5.41) is 3.26. The minimum absolute atomic E-state index is 0.787. The van der Waals surface area contributed by atoms with Crippen molar-refractivity contribution in [3.63, 3.8) is 0 Å². The van der Waals surface area contributed by atoms with Gasteiger partial charge in [-0.15, -0.1) is 0 Å². The third-order valence-corrected chi connectivity index (χ3v) is 2.98. The van der Waals surface area contributed by atoms with Crippen LogP contribution in [0, 0.1) is 0 Å². The molecule has 0 spiro atoms. The van der Waals surface area contributed by atoms with Crippen LogP contribution in [0.2, 0.25) is 0 Å². The van der Waals surface area contributed by atoms with E-state index in [1.54, 1.807) is 7.11 Å². The molecule has 0 amide bonds. The number of anilines is 2. The maximum absolute atomic E-state index is 5.13. The summed E-state index contributed by atoms with van der Waals surface area (Å²) in [4.78, 5) is 8.82. The highest BCUT2D eigenvalue weighted by Gasteiger charge is 2.03. The highest BCUT2D eigenvalue weighted by molar-refractivity contribution is 9.10. The Bertz CT molecular complexity index is 543. The van der Waals surface area contributed by atoms with Crippen molar-refractivity contribution in [2.45, 2.75) is 19.8 Å². The molecule has 0 saturated heterocycles. The van der Waals surface area contributed by atoms with E-state index >= 15 is 0 Å². The molecule has 2 rings (SSSR count). The molecule has 100 valence electrons. The average molecular weight is 322 g/mol. The normalized spacial score (nSPS) is 10.3. The first-order chi connectivity index (χ1) is 9.21. The van der Waals surface area contributed by atoms with E-state index in [0.29, 0.717) is 0 Å². The molecule has 0 fully saturated rings. The summed E-state index contributed by atoms with van der Waals surface area (Å²) in [5.74, 6) is 2.46. The monoisotopic (exact) mass is 321 g/mol. The van der Waals surface area contributed by atoms with Crippen LogP contribution in [0.1, 0.15) is 19.2 Å². The quantitative estimate of drug-likeness (QED) is 0.847. The maximum Gasteiger partial charge on any atom is 0.135 e. The van der Waals surface area contributed by atoms with Gasteiger partial charge in [-0.1, -0.05) is 6.92 Å². The molecule has 0 aliphatic heterocycles. The van der Waals surface area contributed by atoms with Crippen molar-refractivity contribution in [2.24, 2.45) is 0 Å². The molecule has 0 unspecified atom stereocenters. The van der Waals surface area contributed by atoms with Crippen molar-refractivity contribution < 1.29 is 4.74 Å². The van der Waals surface area contributed by atoms with Crippen LogP contribution in [0.5, 0.6) is 5.75 Å². The zero-order valence-electron chi connectivity index (χ0n) is 11.0. The largest absolute Gasteiger partial charge is 0.497 e. The van der Waals surface area contributed by atoms with E-state index in [4.69, 9.17) is 4.74 Å². The highest BCUT2D eigenvalue weighted by atomic mass is 79.9. The van der Waals surface area contributed by atoms with Gasteiger partial charge in [-0.3, -0.25) is 0 Å². The Balaban J connectivity index is 2.17. The zero-order valence-corrected chi connectivity index (χ0v) is 12.6. The molecule has 0 radical (unpaired) electrons. The van der Waals surface area contributed by atoms with Gasteiger partial charge in [0.25, 0.3) is 0 Å². The van der Waals surface area contributed by atoms with Crippen molar-refractivity contribution in [3.05, 3.63) is 40.8 Å². The van der Waals surface area contributed by atoms with Crippen LogP contribution in [0.25, 0.3) is 0 Å². The summed E-state index contributed by atoms with van der Waals surface area (Å²) >= 11 is 3.41. The minimum atomic E-state index is 0.787. The predicted molar refractivity (Wildman–Crippen MR) is 80.0 cm³/mol. The van der Waals surface area contributed by atoms with Gasteiger partial charge >= 0.3 is 0 Å². The molecule has 0 saturated carbocycles. The standard InChI is InChI=1S/C14H16BrN3O/c1-3-4-13-17-12(15)9-14(18-13)16-10-5-7-11(19-2)8-6-10/h5-9H,3-4H2,1-2H3,(H,16,17,18). The van der Waals surface area contributed by atoms with Gasteiger partial charge in [0.05, 0.1) is 7.11 Å². The molecule has 0 aliphatic rings. The SMILES string of the molecule is CCCc1nc(Br)cc(Nc2ccc(OC)cc2)n1. The Morgan fingerprint density at radius 3 is 2.58 bits per heavy atom. The van der Waals surface area contributed by atoms with Crippen molar-refractivity contribution in [3.8, 4) is 5.75 Å².